The standard InChI is InChI=1S/C15H10F4N4O/c16-10-2-1-5-20-11(10)6-21-14(24)9-3-4-13-22-12(15(17,18)19)8-23(13)7-9/h1-5,7-8H,6H2,(H,21,24). The zero-order valence-corrected chi connectivity index (χ0v) is 12.0. The van der Waals surface area contributed by atoms with Gasteiger partial charge in [-0.15, -0.1) is 0 Å². The van der Waals surface area contributed by atoms with Gasteiger partial charge in [0.2, 0.25) is 0 Å². The van der Waals surface area contributed by atoms with Gasteiger partial charge in [0.05, 0.1) is 17.8 Å². The van der Waals surface area contributed by atoms with Crippen molar-refractivity contribution in [1.29, 1.82) is 0 Å². The average molecular weight is 338 g/mol. The molecule has 1 amide bonds. The molecule has 0 saturated carbocycles. The molecule has 3 aromatic rings. The van der Waals surface area contributed by atoms with E-state index in [0.717, 1.165) is 10.6 Å². The normalized spacial score (nSPS) is 11.7. The maximum Gasteiger partial charge on any atom is 0.434 e. The van der Waals surface area contributed by atoms with Crippen molar-refractivity contribution in [2.24, 2.45) is 0 Å². The van der Waals surface area contributed by atoms with Crippen molar-refractivity contribution in [2.45, 2.75) is 12.7 Å². The SMILES string of the molecule is O=C(NCc1ncccc1F)c1ccc2nc(C(F)(F)F)cn2c1. The number of carbonyl (C=O) groups excluding carboxylic acids is 1. The Balaban J connectivity index is 1.79. The monoisotopic (exact) mass is 338 g/mol. The first-order chi connectivity index (χ1) is 11.3. The van der Waals surface area contributed by atoms with Crippen LogP contribution < -0.4 is 5.32 Å². The first-order valence-electron chi connectivity index (χ1n) is 6.78. The highest BCUT2D eigenvalue weighted by Gasteiger charge is 2.33. The minimum Gasteiger partial charge on any atom is -0.346 e. The Kier molecular flexibility index (Phi) is 3.92. The molecule has 9 heteroatoms. The number of fused-ring (bicyclic) bond motifs is 1. The predicted molar refractivity (Wildman–Crippen MR) is 75.6 cm³/mol. The van der Waals surface area contributed by atoms with Gasteiger partial charge in [0, 0.05) is 18.6 Å². The Morgan fingerprint density at radius 2 is 2.00 bits per heavy atom. The van der Waals surface area contributed by atoms with E-state index >= 15 is 0 Å². The van der Waals surface area contributed by atoms with Crippen molar-refractivity contribution in [1.82, 2.24) is 19.7 Å². The third-order valence-electron chi connectivity index (χ3n) is 3.25. The summed E-state index contributed by atoms with van der Waals surface area (Å²) in [5.74, 6) is -1.12. The second kappa shape index (κ2) is 5.91. The van der Waals surface area contributed by atoms with Crippen LogP contribution in [0.15, 0.2) is 42.9 Å². The van der Waals surface area contributed by atoms with Crippen molar-refractivity contribution >= 4 is 11.6 Å². The van der Waals surface area contributed by atoms with E-state index in [1.54, 1.807) is 0 Å². The lowest BCUT2D eigenvalue weighted by atomic mass is 10.2. The summed E-state index contributed by atoms with van der Waals surface area (Å²) in [7, 11) is 0. The van der Waals surface area contributed by atoms with Crippen LogP contribution in [0.2, 0.25) is 0 Å². The van der Waals surface area contributed by atoms with Crippen molar-refractivity contribution in [3.63, 3.8) is 0 Å². The van der Waals surface area contributed by atoms with Gasteiger partial charge in [0.15, 0.2) is 5.69 Å². The predicted octanol–water partition coefficient (Wildman–Crippen LogP) is 2.82. The van der Waals surface area contributed by atoms with Crippen LogP contribution >= 0.6 is 0 Å². The molecule has 0 spiro atoms. The maximum atomic E-state index is 13.4. The van der Waals surface area contributed by atoms with Gasteiger partial charge in [-0.2, -0.15) is 13.2 Å². The van der Waals surface area contributed by atoms with Crippen molar-refractivity contribution in [3.8, 4) is 0 Å². The van der Waals surface area contributed by atoms with Crippen LogP contribution in [0.3, 0.4) is 0 Å². The van der Waals surface area contributed by atoms with Crippen LogP contribution in [0.25, 0.3) is 5.65 Å². The van der Waals surface area contributed by atoms with Crippen LogP contribution in [0.1, 0.15) is 21.7 Å². The molecule has 5 nitrogen and oxygen atoms in total. The van der Waals surface area contributed by atoms with Crippen LogP contribution in [0.5, 0.6) is 0 Å². The number of carbonyl (C=O) groups is 1. The van der Waals surface area contributed by atoms with Gasteiger partial charge in [0.25, 0.3) is 5.91 Å². The molecule has 3 aromatic heterocycles. The molecule has 124 valence electrons. The molecule has 0 aliphatic rings. The first-order valence-corrected chi connectivity index (χ1v) is 6.78. The summed E-state index contributed by atoms with van der Waals surface area (Å²) in [5.41, 5.74) is -0.802. The molecular formula is C15H10F4N4O. The molecule has 3 heterocycles. The Morgan fingerprint density at radius 1 is 1.21 bits per heavy atom. The molecule has 3 rings (SSSR count). The quantitative estimate of drug-likeness (QED) is 0.747. The number of amides is 1. The lowest BCUT2D eigenvalue weighted by Gasteiger charge is -2.06. The second-order valence-corrected chi connectivity index (χ2v) is 4.92. The first kappa shape index (κ1) is 15.9. The van der Waals surface area contributed by atoms with E-state index < -0.39 is 23.6 Å². The number of hydrogen-bond donors (Lipinski definition) is 1. The largest absolute Gasteiger partial charge is 0.434 e. The summed E-state index contributed by atoms with van der Waals surface area (Å²) >= 11 is 0. The second-order valence-electron chi connectivity index (χ2n) is 4.92. The third-order valence-corrected chi connectivity index (χ3v) is 3.25. The van der Waals surface area contributed by atoms with Gasteiger partial charge >= 0.3 is 6.18 Å². The van der Waals surface area contributed by atoms with Crippen molar-refractivity contribution in [2.75, 3.05) is 0 Å². The molecule has 0 bridgehead atoms. The summed E-state index contributed by atoms with van der Waals surface area (Å²) < 4.78 is 52.4. The molecule has 24 heavy (non-hydrogen) atoms. The molecule has 0 aromatic carbocycles. The van der Waals surface area contributed by atoms with Crippen molar-refractivity contribution in [3.05, 3.63) is 65.6 Å². The number of rotatable bonds is 3. The van der Waals surface area contributed by atoms with E-state index in [2.05, 4.69) is 15.3 Å². The summed E-state index contributed by atoms with van der Waals surface area (Å²) in [4.78, 5) is 19.3. The average Bonchev–Trinajstić information content (AvgIpc) is 2.97. The van der Waals surface area contributed by atoms with Crippen LogP contribution in [-0.4, -0.2) is 20.3 Å². The molecule has 0 unspecified atom stereocenters. The van der Waals surface area contributed by atoms with Gasteiger partial charge in [0.1, 0.15) is 11.5 Å². The fourth-order valence-electron chi connectivity index (χ4n) is 2.08. The highest BCUT2D eigenvalue weighted by atomic mass is 19.4. The summed E-state index contributed by atoms with van der Waals surface area (Å²) in [6.45, 7) is -0.138. The van der Waals surface area contributed by atoms with E-state index in [0.29, 0.717) is 0 Å². The summed E-state index contributed by atoms with van der Waals surface area (Å²) in [6, 6.07) is 5.27. The molecule has 0 atom stereocenters. The Hall–Kier alpha value is -2.97. The van der Waals surface area contributed by atoms with Crippen LogP contribution in [0.4, 0.5) is 17.6 Å². The highest BCUT2D eigenvalue weighted by molar-refractivity contribution is 5.94. The van der Waals surface area contributed by atoms with Gasteiger partial charge in [-0.3, -0.25) is 9.78 Å². The Bertz CT molecular complexity index is 904. The lowest BCUT2D eigenvalue weighted by molar-refractivity contribution is -0.140. The molecule has 0 aliphatic heterocycles. The van der Waals surface area contributed by atoms with Crippen molar-refractivity contribution < 1.29 is 22.4 Å². The Morgan fingerprint density at radius 3 is 2.71 bits per heavy atom. The molecule has 1 N–H and O–H groups in total. The highest BCUT2D eigenvalue weighted by Crippen LogP contribution is 2.28. The molecule has 0 radical (unpaired) electrons. The zero-order valence-electron chi connectivity index (χ0n) is 12.0. The lowest BCUT2D eigenvalue weighted by Crippen LogP contribution is -2.24. The molecule has 0 saturated heterocycles. The van der Waals surface area contributed by atoms with Crippen LogP contribution in [0, 0.1) is 5.82 Å². The minimum atomic E-state index is -4.56. The summed E-state index contributed by atoms with van der Waals surface area (Å²) in [6.07, 6.45) is -1.15. The number of nitrogens with zero attached hydrogens (tertiary/aromatic N) is 3. The zero-order chi connectivity index (χ0) is 17.3. The maximum absolute atomic E-state index is 13.4. The van der Waals surface area contributed by atoms with E-state index in [1.807, 2.05) is 0 Å². The number of pyridine rings is 2. The number of nitrogens with one attached hydrogen (secondary N) is 1. The fraction of sp³-hybridized carbons (Fsp3) is 0.133. The number of imidazole rings is 1. The Labute approximate surface area is 133 Å². The van der Waals surface area contributed by atoms with Crippen LogP contribution in [-0.2, 0) is 12.7 Å². The fourth-order valence-corrected chi connectivity index (χ4v) is 2.08. The van der Waals surface area contributed by atoms with E-state index in [1.165, 1.54) is 36.7 Å². The van der Waals surface area contributed by atoms with Gasteiger partial charge in [-0.05, 0) is 24.3 Å². The topological polar surface area (TPSA) is 59.3 Å². The van der Waals surface area contributed by atoms with E-state index in [-0.39, 0.29) is 23.4 Å². The number of aromatic nitrogens is 3. The smallest absolute Gasteiger partial charge is 0.346 e. The molecular weight excluding hydrogens is 328 g/mol. The third kappa shape index (κ3) is 3.19. The minimum absolute atomic E-state index is 0.0638. The van der Waals surface area contributed by atoms with E-state index in [9.17, 15) is 22.4 Å². The summed E-state index contributed by atoms with van der Waals surface area (Å²) in [5, 5.41) is 2.46. The van der Waals surface area contributed by atoms with Gasteiger partial charge in [-0.1, -0.05) is 0 Å². The molecule has 0 fully saturated rings. The number of hydrogen-bond acceptors (Lipinski definition) is 3. The van der Waals surface area contributed by atoms with E-state index in [4.69, 9.17) is 0 Å². The molecule has 0 aliphatic carbocycles. The van der Waals surface area contributed by atoms with Gasteiger partial charge in [-0.25, -0.2) is 9.37 Å². The van der Waals surface area contributed by atoms with Gasteiger partial charge < -0.3 is 9.72 Å². The number of alkyl halides is 3. The number of halogens is 4.